The summed E-state index contributed by atoms with van der Waals surface area (Å²) in [6, 6.07) is 9.26. The summed E-state index contributed by atoms with van der Waals surface area (Å²) >= 11 is 1.65. The van der Waals surface area contributed by atoms with E-state index in [-0.39, 0.29) is 0 Å². The molecule has 0 saturated heterocycles. The van der Waals surface area contributed by atoms with Crippen LogP contribution in [0.25, 0.3) is 27.9 Å². The summed E-state index contributed by atoms with van der Waals surface area (Å²) in [6.45, 7) is 3.94. The minimum Gasteiger partial charge on any atom is -0.368 e. The van der Waals surface area contributed by atoms with Crippen molar-refractivity contribution in [1.29, 1.82) is 0 Å². The third kappa shape index (κ3) is 2.78. The molecule has 3 aromatic heterocycles. The number of amides is 1. The van der Waals surface area contributed by atoms with E-state index in [4.69, 9.17) is 10.7 Å². The van der Waals surface area contributed by atoms with Gasteiger partial charge < -0.3 is 11.1 Å². The number of hydrogen-bond acceptors (Lipinski definition) is 6. The number of para-hydroxylation sites is 1. The van der Waals surface area contributed by atoms with Crippen LogP contribution in [-0.4, -0.2) is 31.5 Å². The first-order valence-electron chi connectivity index (χ1n) is 8.33. The molecule has 4 rings (SSSR count). The van der Waals surface area contributed by atoms with Gasteiger partial charge in [0.2, 0.25) is 11.9 Å². The van der Waals surface area contributed by atoms with Crippen LogP contribution in [0, 0.1) is 6.92 Å². The van der Waals surface area contributed by atoms with Crippen LogP contribution in [0.4, 0.5) is 5.95 Å². The molecule has 3 N–H and O–H groups in total. The van der Waals surface area contributed by atoms with Gasteiger partial charge in [0, 0.05) is 21.2 Å². The Morgan fingerprint density at radius 3 is 2.85 bits per heavy atom. The van der Waals surface area contributed by atoms with E-state index in [0.717, 1.165) is 16.5 Å². The Morgan fingerprint density at radius 1 is 1.35 bits per heavy atom. The third-order valence-corrected chi connectivity index (χ3v) is 5.08. The first-order chi connectivity index (χ1) is 12.6. The highest BCUT2D eigenvalue weighted by atomic mass is 32.1. The SMILES string of the molecule is CCC(Nc1nc2ccccc2c2nc(-c3csc(C)c3)nn12)C(N)=O. The number of fused-ring (bicyclic) bond motifs is 3. The number of rotatable bonds is 5. The Balaban J connectivity index is 1.94. The van der Waals surface area contributed by atoms with Gasteiger partial charge in [-0.15, -0.1) is 16.4 Å². The van der Waals surface area contributed by atoms with Crippen LogP contribution < -0.4 is 11.1 Å². The summed E-state index contributed by atoms with van der Waals surface area (Å²) in [5, 5.41) is 10.7. The molecular formula is C18H18N6OS. The van der Waals surface area contributed by atoms with E-state index in [1.165, 1.54) is 4.88 Å². The largest absolute Gasteiger partial charge is 0.368 e. The van der Waals surface area contributed by atoms with Crippen LogP contribution in [-0.2, 0) is 4.79 Å². The Labute approximate surface area is 153 Å². The second-order valence-corrected chi connectivity index (χ2v) is 7.19. The lowest BCUT2D eigenvalue weighted by Crippen LogP contribution is -2.35. The van der Waals surface area contributed by atoms with Gasteiger partial charge in [-0.05, 0) is 31.5 Å². The molecule has 0 bridgehead atoms. The number of anilines is 1. The van der Waals surface area contributed by atoms with Gasteiger partial charge in [0.15, 0.2) is 11.5 Å². The topological polar surface area (TPSA) is 98.2 Å². The van der Waals surface area contributed by atoms with Crippen LogP contribution in [0.2, 0.25) is 0 Å². The number of benzene rings is 1. The molecule has 0 saturated carbocycles. The fourth-order valence-corrected chi connectivity index (χ4v) is 3.54. The van der Waals surface area contributed by atoms with Crippen LogP contribution in [0.3, 0.4) is 0 Å². The van der Waals surface area contributed by atoms with Gasteiger partial charge in [0.25, 0.3) is 0 Å². The number of primary amides is 1. The number of nitrogens with one attached hydrogen (secondary N) is 1. The summed E-state index contributed by atoms with van der Waals surface area (Å²) in [7, 11) is 0. The van der Waals surface area contributed by atoms with Gasteiger partial charge in [0.1, 0.15) is 6.04 Å². The lowest BCUT2D eigenvalue weighted by molar-refractivity contribution is -0.118. The maximum atomic E-state index is 11.7. The normalized spacial score (nSPS) is 12.5. The van der Waals surface area contributed by atoms with Crippen molar-refractivity contribution in [3.8, 4) is 11.4 Å². The van der Waals surface area contributed by atoms with E-state index in [2.05, 4.69) is 21.5 Å². The number of nitrogens with zero attached hydrogens (tertiary/aromatic N) is 4. The molecule has 1 unspecified atom stereocenters. The Bertz CT molecular complexity index is 1120. The number of carbonyl (C=O) groups excluding carboxylic acids is 1. The molecule has 0 fully saturated rings. The first kappa shape index (κ1) is 16.5. The van der Waals surface area contributed by atoms with Crippen LogP contribution in [0.1, 0.15) is 18.2 Å². The van der Waals surface area contributed by atoms with Gasteiger partial charge in [0.05, 0.1) is 5.52 Å². The Kier molecular flexibility index (Phi) is 4.04. The minimum atomic E-state index is -0.525. The molecule has 0 spiro atoms. The van der Waals surface area contributed by atoms with Crippen molar-refractivity contribution < 1.29 is 4.79 Å². The maximum absolute atomic E-state index is 11.7. The predicted octanol–water partition coefficient (Wildman–Crippen LogP) is 2.99. The molecule has 3 heterocycles. The molecule has 0 aliphatic heterocycles. The van der Waals surface area contributed by atoms with Crippen molar-refractivity contribution in [2.75, 3.05) is 5.32 Å². The molecule has 4 aromatic rings. The number of carbonyl (C=O) groups is 1. The van der Waals surface area contributed by atoms with E-state index in [0.29, 0.717) is 23.8 Å². The molecular weight excluding hydrogens is 348 g/mol. The molecule has 0 aliphatic rings. The Morgan fingerprint density at radius 2 is 2.15 bits per heavy atom. The fourth-order valence-electron chi connectivity index (χ4n) is 2.86. The van der Waals surface area contributed by atoms with Gasteiger partial charge in [-0.1, -0.05) is 19.1 Å². The van der Waals surface area contributed by atoms with Crippen molar-refractivity contribution in [1.82, 2.24) is 19.6 Å². The minimum absolute atomic E-state index is 0.426. The van der Waals surface area contributed by atoms with Gasteiger partial charge in [-0.2, -0.15) is 4.52 Å². The third-order valence-electron chi connectivity index (χ3n) is 4.22. The predicted molar refractivity (Wildman–Crippen MR) is 103 cm³/mol. The van der Waals surface area contributed by atoms with E-state index >= 15 is 0 Å². The average molecular weight is 366 g/mol. The smallest absolute Gasteiger partial charge is 0.239 e. The second-order valence-electron chi connectivity index (χ2n) is 6.08. The summed E-state index contributed by atoms with van der Waals surface area (Å²) < 4.78 is 1.65. The van der Waals surface area contributed by atoms with E-state index in [1.54, 1.807) is 15.9 Å². The lowest BCUT2D eigenvalue weighted by Gasteiger charge is -2.15. The quantitative estimate of drug-likeness (QED) is 0.566. The van der Waals surface area contributed by atoms with E-state index < -0.39 is 11.9 Å². The first-order valence-corrected chi connectivity index (χ1v) is 9.21. The number of aryl methyl sites for hydroxylation is 1. The molecule has 0 radical (unpaired) electrons. The average Bonchev–Trinajstić information content (AvgIpc) is 3.25. The van der Waals surface area contributed by atoms with Crippen molar-refractivity contribution >= 4 is 39.7 Å². The van der Waals surface area contributed by atoms with Crippen molar-refractivity contribution in [2.45, 2.75) is 26.3 Å². The summed E-state index contributed by atoms with van der Waals surface area (Å²) in [6.07, 6.45) is 0.552. The van der Waals surface area contributed by atoms with Crippen molar-refractivity contribution in [3.05, 3.63) is 40.6 Å². The number of hydrogen-bond donors (Lipinski definition) is 2. The molecule has 1 atom stereocenters. The maximum Gasteiger partial charge on any atom is 0.239 e. The molecule has 1 aromatic carbocycles. The Hall–Kier alpha value is -3.00. The zero-order valence-electron chi connectivity index (χ0n) is 14.4. The highest BCUT2D eigenvalue weighted by Crippen LogP contribution is 2.27. The standard InChI is InChI=1S/C18H18N6OS/c1-3-13(15(19)25)20-18-21-14-7-5-4-6-12(14)17-22-16(23-24(17)18)11-8-10(2)26-9-11/h4-9,13H,3H2,1-2H3,(H2,19,25)(H,20,21). The van der Waals surface area contributed by atoms with Gasteiger partial charge >= 0.3 is 0 Å². The van der Waals surface area contributed by atoms with E-state index in [1.807, 2.05) is 43.5 Å². The number of aromatic nitrogens is 4. The molecule has 7 nitrogen and oxygen atoms in total. The van der Waals surface area contributed by atoms with Gasteiger partial charge in [-0.25, -0.2) is 9.97 Å². The molecule has 1 amide bonds. The summed E-state index contributed by atoms with van der Waals surface area (Å²) in [5.74, 6) is 0.655. The number of thiophene rings is 1. The van der Waals surface area contributed by atoms with Crippen molar-refractivity contribution in [3.63, 3.8) is 0 Å². The molecule has 8 heteroatoms. The molecule has 132 valence electrons. The fraction of sp³-hybridized carbons (Fsp3) is 0.222. The van der Waals surface area contributed by atoms with Crippen LogP contribution >= 0.6 is 11.3 Å². The monoisotopic (exact) mass is 366 g/mol. The molecule has 26 heavy (non-hydrogen) atoms. The van der Waals surface area contributed by atoms with Crippen LogP contribution in [0.5, 0.6) is 0 Å². The molecule has 0 aliphatic carbocycles. The van der Waals surface area contributed by atoms with Crippen molar-refractivity contribution in [2.24, 2.45) is 5.73 Å². The zero-order chi connectivity index (χ0) is 18.3. The zero-order valence-corrected chi connectivity index (χ0v) is 15.2. The lowest BCUT2D eigenvalue weighted by atomic mass is 10.2. The summed E-state index contributed by atoms with van der Waals surface area (Å²) in [5.41, 5.74) is 7.91. The summed E-state index contributed by atoms with van der Waals surface area (Å²) in [4.78, 5) is 22.2. The second kappa shape index (κ2) is 6.38. The van der Waals surface area contributed by atoms with Crippen LogP contribution in [0.15, 0.2) is 35.7 Å². The van der Waals surface area contributed by atoms with E-state index in [9.17, 15) is 4.79 Å². The highest BCUT2D eigenvalue weighted by molar-refractivity contribution is 7.10. The highest BCUT2D eigenvalue weighted by Gasteiger charge is 2.19. The van der Waals surface area contributed by atoms with Gasteiger partial charge in [-0.3, -0.25) is 4.79 Å². The number of nitrogens with two attached hydrogens (primary N) is 1.